The molecule has 1 aromatic heterocycles. The van der Waals surface area contributed by atoms with E-state index in [-0.39, 0.29) is 17.6 Å². The fraction of sp³-hybridized carbons (Fsp3) is 0.636. The Labute approximate surface area is 104 Å². The number of carboxylic acids is 1. The van der Waals surface area contributed by atoms with Crippen LogP contribution < -0.4 is 0 Å². The van der Waals surface area contributed by atoms with Gasteiger partial charge < -0.3 is 10.0 Å². The monoisotopic (exact) mass is 252 g/mol. The summed E-state index contributed by atoms with van der Waals surface area (Å²) in [6.07, 6.45) is 3.91. The summed E-state index contributed by atoms with van der Waals surface area (Å²) in [4.78, 5) is 24.1. The zero-order valence-corrected chi connectivity index (χ0v) is 10.2. The zero-order chi connectivity index (χ0) is 13.1. The second-order valence-corrected chi connectivity index (χ2v) is 4.45. The second kappa shape index (κ2) is 5.16. The lowest BCUT2D eigenvalue weighted by Gasteiger charge is -2.38. The third kappa shape index (κ3) is 2.49. The molecule has 0 saturated carbocycles. The van der Waals surface area contributed by atoms with E-state index in [0.29, 0.717) is 19.5 Å². The van der Waals surface area contributed by atoms with E-state index in [1.807, 2.05) is 0 Å². The van der Waals surface area contributed by atoms with Crippen LogP contribution in [0, 0.1) is 0 Å². The van der Waals surface area contributed by atoms with Gasteiger partial charge in [-0.2, -0.15) is 0 Å². The molecule has 1 amide bonds. The molecule has 0 atom stereocenters. The Balaban J connectivity index is 1.84. The molecule has 98 valence electrons. The minimum atomic E-state index is -1.09. The van der Waals surface area contributed by atoms with Gasteiger partial charge in [-0.25, -0.2) is 9.48 Å². The summed E-state index contributed by atoms with van der Waals surface area (Å²) in [5.74, 6) is -0.928. The summed E-state index contributed by atoms with van der Waals surface area (Å²) in [5.41, 5.74) is -0.0641. The maximum Gasteiger partial charge on any atom is 0.358 e. The second-order valence-electron chi connectivity index (χ2n) is 4.45. The van der Waals surface area contributed by atoms with Crippen molar-refractivity contribution in [2.24, 2.45) is 0 Å². The highest BCUT2D eigenvalue weighted by Gasteiger charge is 2.32. The molecule has 0 unspecified atom stereocenters. The van der Waals surface area contributed by atoms with Gasteiger partial charge in [0.05, 0.1) is 12.2 Å². The molecule has 2 rings (SSSR count). The highest BCUT2D eigenvalue weighted by molar-refractivity contribution is 5.84. The summed E-state index contributed by atoms with van der Waals surface area (Å²) in [6, 6.07) is 0.0520. The Morgan fingerprint density at radius 2 is 2.22 bits per heavy atom. The summed E-state index contributed by atoms with van der Waals surface area (Å²) in [7, 11) is 0. The van der Waals surface area contributed by atoms with Crippen LogP contribution in [0.5, 0.6) is 0 Å². The van der Waals surface area contributed by atoms with E-state index in [9.17, 15) is 9.59 Å². The molecule has 2 heterocycles. The van der Waals surface area contributed by atoms with Crippen LogP contribution in [-0.2, 0) is 4.79 Å². The number of amides is 1. The van der Waals surface area contributed by atoms with E-state index in [2.05, 4.69) is 17.2 Å². The predicted octanol–water partition coefficient (Wildman–Crippen LogP) is 0.550. The minimum absolute atomic E-state index is 0.0520. The Hall–Kier alpha value is -1.92. The number of hydrogen-bond donors (Lipinski definition) is 1. The topological polar surface area (TPSA) is 88.3 Å². The Bertz CT molecular complexity index is 451. The fourth-order valence-corrected chi connectivity index (χ4v) is 1.87. The van der Waals surface area contributed by atoms with Crippen molar-refractivity contribution in [3.8, 4) is 0 Å². The standard InChI is InChI=1S/C11H16N4O3/c1-2-3-4-10(16)14-5-8(6-14)15-7-9(11(17)18)12-13-15/h7-8H,2-6H2,1H3,(H,17,18). The van der Waals surface area contributed by atoms with Crippen molar-refractivity contribution < 1.29 is 14.7 Å². The molecule has 1 fully saturated rings. The lowest BCUT2D eigenvalue weighted by atomic mass is 10.1. The third-order valence-electron chi connectivity index (χ3n) is 3.06. The van der Waals surface area contributed by atoms with Crippen molar-refractivity contribution in [3.05, 3.63) is 11.9 Å². The Morgan fingerprint density at radius 1 is 1.50 bits per heavy atom. The lowest BCUT2D eigenvalue weighted by Crippen LogP contribution is -2.50. The van der Waals surface area contributed by atoms with Gasteiger partial charge in [-0.3, -0.25) is 4.79 Å². The number of carboxylic acid groups (broad SMARTS) is 1. The van der Waals surface area contributed by atoms with E-state index in [1.165, 1.54) is 10.9 Å². The van der Waals surface area contributed by atoms with Crippen molar-refractivity contribution in [1.29, 1.82) is 0 Å². The van der Waals surface area contributed by atoms with E-state index in [1.54, 1.807) is 4.90 Å². The fourth-order valence-electron chi connectivity index (χ4n) is 1.87. The van der Waals surface area contributed by atoms with E-state index < -0.39 is 5.97 Å². The number of rotatable bonds is 5. The van der Waals surface area contributed by atoms with Crippen LogP contribution in [0.4, 0.5) is 0 Å². The molecule has 0 spiro atoms. The van der Waals surface area contributed by atoms with Gasteiger partial charge in [0.1, 0.15) is 0 Å². The number of aromatic carboxylic acids is 1. The maximum absolute atomic E-state index is 11.7. The van der Waals surface area contributed by atoms with Crippen LogP contribution in [0.3, 0.4) is 0 Å². The molecule has 7 heteroatoms. The van der Waals surface area contributed by atoms with Crippen molar-refractivity contribution in [2.45, 2.75) is 32.2 Å². The molecule has 1 aromatic rings. The lowest BCUT2D eigenvalue weighted by molar-refractivity contribution is -0.137. The average Bonchev–Trinajstić information content (AvgIpc) is 2.73. The van der Waals surface area contributed by atoms with Gasteiger partial charge in [0.25, 0.3) is 0 Å². The number of aromatic nitrogens is 3. The predicted molar refractivity (Wildman–Crippen MR) is 62.1 cm³/mol. The molecular weight excluding hydrogens is 236 g/mol. The molecule has 1 aliphatic heterocycles. The van der Waals surface area contributed by atoms with Crippen LogP contribution in [0.15, 0.2) is 6.20 Å². The van der Waals surface area contributed by atoms with Gasteiger partial charge in [0.2, 0.25) is 5.91 Å². The molecule has 7 nitrogen and oxygen atoms in total. The van der Waals surface area contributed by atoms with Crippen molar-refractivity contribution in [3.63, 3.8) is 0 Å². The molecule has 18 heavy (non-hydrogen) atoms. The summed E-state index contributed by atoms with van der Waals surface area (Å²) < 4.78 is 1.52. The average molecular weight is 252 g/mol. The quantitative estimate of drug-likeness (QED) is 0.826. The maximum atomic E-state index is 11.7. The smallest absolute Gasteiger partial charge is 0.358 e. The number of carbonyl (C=O) groups is 2. The van der Waals surface area contributed by atoms with Crippen molar-refractivity contribution in [1.82, 2.24) is 19.9 Å². The first kappa shape index (κ1) is 12.5. The van der Waals surface area contributed by atoms with Crippen molar-refractivity contribution >= 4 is 11.9 Å². The van der Waals surface area contributed by atoms with Gasteiger partial charge in [-0.15, -0.1) is 5.10 Å². The Morgan fingerprint density at radius 3 is 2.78 bits per heavy atom. The van der Waals surface area contributed by atoms with E-state index >= 15 is 0 Å². The van der Waals surface area contributed by atoms with Crippen LogP contribution in [0.25, 0.3) is 0 Å². The van der Waals surface area contributed by atoms with Crippen LogP contribution in [0.2, 0.25) is 0 Å². The van der Waals surface area contributed by atoms with Gasteiger partial charge in [0.15, 0.2) is 5.69 Å². The first-order valence-electron chi connectivity index (χ1n) is 6.04. The van der Waals surface area contributed by atoms with Crippen LogP contribution in [0.1, 0.15) is 42.7 Å². The number of carbonyl (C=O) groups excluding carboxylic acids is 1. The van der Waals surface area contributed by atoms with Gasteiger partial charge >= 0.3 is 5.97 Å². The number of nitrogens with zero attached hydrogens (tertiary/aromatic N) is 4. The van der Waals surface area contributed by atoms with E-state index in [4.69, 9.17) is 5.11 Å². The highest BCUT2D eigenvalue weighted by atomic mass is 16.4. The molecule has 0 aromatic carbocycles. The molecule has 0 bridgehead atoms. The summed E-state index contributed by atoms with van der Waals surface area (Å²) >= 11 is 0. The summed E-state index contributed by atoms with van der Waals surface area (Å²) in [5, 5.41) is 16.0. The highest BCUT2D eigenvalue weighted by Crippen LogP contribution is 2.21. The molecule has 1 aliphatic rings. The van der Waals surface area contributed by atoms with Crippen LogP contribution >= 0.6 is 0 Å². The zero-order valence-electron chi connectivity index (χ0n) is 10.2. The largest absolute Gasteiger partial charge is 0.476 e. The third-order valence-corrected chi connectivity index (χ3v) is 3.06. The van der Waals surface area contributed by atoms with Crippen LogP contribution in [-0.4, -0.2) is 50.0 Å². The number of hydrogen-bond acceptors (Lipinski definition) is 4. The molecule has 1 saturated heterocycles. The first-order valence-corrected chi connectivity index (χ1v) is 6.04. The molecule has 0 aliphatic carbocycles. The first-order chi connectivity index (χ1) is 8.61. The molecule has 1 N–H and O–H groups in total. The normalized spacial score (nSPS) is 15.5. The SMILES string of the molecule is CCCCC(=O)N1CC(n2cc(C(=O)O)nn2)C1. The van der Waals surface area contributed by atoms with Gasteiger partial charge in [-0.05, 0) is 6.42 Å². The van der Waals surface area contributed by atoms with Gasteiger partial charge in [0, 0.05) is 19.5 Å². The van der Waals surface area contributed by atoms with Gasteiger partial charge in [-0.1, -0.05) is 18.6 Å². The minimum Gasteiger partial charge on any atom is -0.476 e. The summed E-state index contributed by atoms with van der Waals surface area (Å²) in [6.45, 7) is 3.23. The Kier molecular flexibility index (Phi) is 3.59. The molecule has 0 radical (unpaired) electrons. The number of unbranched alkanes of at least 4 members (excludes halogenated alkanes) is 1. The van der Waals surface area contributed by atoms with Crippen molar-refractivity contribution in [2.75, 3.05) is 13.1 Å². The van der Waals surface area contributed by atoms with E-state index in [0.717, 1.165) is 12.8 Å². The number of likely N-dealkylation sites (tertiary alicyclic amines) is 1. The molecular formula is C11H16N4O3.